The molecule has 0 saturated heterocycles. The summed E-state index contributed by atoms with van der Waals surface area (Å²) in [7, 11) is 0. The highest BCUT2D eigenvalue weighted by Crippen LogP contribution is 2.33. The van der Waals surface area contributed by atoms with Crippen LogP contribution in [-0.2, 0) is 20.8 Å². The van der Waals surface area contributed by atoms with E-state index in [1.54, 1.807) is 37.3 Å². The van der Waals surface area contributed by atoms with Gasteiger partial charge in [-0.2, -0.15) is 0 Å². The number of nitrogens with one attached hydrogen (secondary N) is 2. The number of anilines is 2. The normalized spacial score (nSPS) is 12.1. The molecule has 0 spiro atoms. The number of hydrogen-bond donors (Lipinski definition) is 2. The Bertz CT molecular complexity index is 1270. The number of aryl methyl sites for hydroxylation is 2. The number of benzene rings is 2. The van der Waals surface area contributed by atoms with Crippen LogP contribution >= 0.6 is 11.6 Å². The molecule has 202 valence electrons. The van der Waals surface area contributed by atoms with Crippen molar-refractivity contribution in [3.63, 3.8) is 0 Å². The van der Waals surface area contributed by atoms with E-state index in [0.717, 1.165) is 12.0 Å². The van der Waals surface area contributed by atoms with Gasteiger partial charge in [0.15, 0.2) is 5.82 Å². The Morgan fingerprint density at radius 3 is 2.32 bits per heavy atom. The predicted octanol–water partition coefficient (Wildman–Crippen LogP) is 6.00. The molecule has 0 radical (unpaired) electrons. The molecule has 0 fully saturated rings. The zero-order valence-corrected chi connectivity index (χ0v) is 23.3. The van der Waals surface area contributed by atoms with Crippen molar-refractivity contribution in [2.75, 3.05) is 10.2 Å². The molecule has 8 nitrogen and oxygen atoms in total. The topological polar surface area (TPSA) is 105 Å². The molecule has 1 heterocycles. The van der Waals surface area contributed by atoms with Gasteiger partial charge in [0.25, 0.3) is 0 Å². The third-order valence-electron chi connectivity index (χ3n) is 6.40. The van der Waals surface area contributed by atoms with E-state index in [1.807, 2.05) is 52.0 Å². The summed E-state index contributed by atoms with van der Waals surface area (Å²) in [5.74, 6) is -0.307. The minimum atomic E-state index is -1.05. The Kier molecular flexibility index (Phi) is 9.69. The van der Waals surface area contributed by atoms with Gasteiger partial charge in [-0.25, -0.2) is 0 Å². The maximum absolute atomic E-state index is 13.8. The lowest BCUT2D eigenvalue weighted by molar-refractivity contribution is -0.128. The first-order valence-corrected chi connectivity index (χ1v) is 13.1. The van der Waals surface area contributed by atoms with Crippen LogP contribution in [0.1, 0.15) is 69.9 Å². The van der Waals surface area contributed by atoms with Gasteiger partial charge in [-0.05, 0) is 57.4 Å². The summed E-state index contributed by atoms with van der Waals surface area (Å²) in [6.07, 6.45) is 1.28. The molecule has 38 heavy (non-hydrogen) atoms. The highest BCUT2D eigenvalue weighted by atomic mass is 35.5. The number of hydrogen-bond acceptors (Lipinski definition) is 5. The van der Waals surface area contributed by atoms with Crippen LogP contribution in [0.4, 0.5) is 11.5 Å². The van der Waals surface area contributed by atoms with E-state index >= 15 is 0 Å². The van der Waals surface area contributed by atoms with Crippen LogP contribution < -0.4 is 15.5 Å². The first-order valence-electron chi connectivity index (χ1n) is 12.7. The van der Waals surface area contributed by atoms with Gasteiger partial charge in [-0.3, -0.25) is 19.3 Å². The van der Waals surface area contributed by atoms with Crippen molar-refractivity contribution in [3.05, 3.63) is 76.5 Å². The summed E-state index contributed by atoms with van der Waals surface area (Å²) in [5, 5.41) is 9.82. The minimum Gasteiger partial charge on any atom is -0.360 e. The highest BCUT2D eigenvalue weighted by molar-refractivity contribution is 6.31. The Hall–Kier alpha value is -3.65. The van der Waals surface area contributed by atoms with Gasteiger partial charge < -0.3 is 15.2 Å². The van der Waals surface area contributed by atoms with Crippen LogP contribution in [0.5, 0.6) is 0 Å². The van der Waals surface area contributed by atoms with Crippen molar-refractivity contribution in [3.8, 4) is 0 Å². The lowest BCUT2D eigenvalue weighted by Crippen LogP contribution is -2.50. The fourth-order valence-corrected chi connectivity index (χ4v) is 4.12. The predicted molar refractivity (Wildman–Crippen MR) is 149 cm³/mol. The summed E-state index contributed by atoms with van der Waals surface area (Å²) in [5.41, 5.74) is 1.62. The molecule has 0 saturated carbocycles. The number of carbonyl (C=O) groups is 3. The quantitative estimate of drug-likeness (QED) is 0.311. The maximum atomic E-state index is 13.8. The fraction of sp³-hybridized carbons (Fsp3) is 0.379. The van der Waals surface area contributed by atoms with Gasteiger partial charge in [-0.15, -0.1) is 0 Å². The number of nitrogens with zero attached hydrogens (tertiary/aromatic N) is 2. The third-order valence-corrected chi connectivity index (χ3v) is 6.75. The van der Waals surface area contributed by atoms with E-state index in [2.05, 4.69) is 15.8 Å². The molecule has 3 amide bonds. The Labute approximate surface area is 228 Å². The Balaban J connectivity index is 1.98. The molecule has 0 unspecified atom stereocenters. The van der Waals surface area contributed by atoms with Crippen molar-refractivity contribution in [1.82, 2.24) is 10.5 Å². The lowest BCUT2D eigenvalue weighted by atomic mass is 9.97. The molecule has 0 aliphatic carbocycles. The summed E-state index contributed by atoms with van der Waals surface area (Å²) >= 11 is 6.57. The van der Waals surface area contributed by atoms with E-state index in [0.29, 0.717) is 28.5 Å². The van der Waals surface area contributed by atoms with Gasteiger partial charge in [0, 0.05) is 40.7 Å². The summed E-state index contributed by atoms with van der Waals surface area (Å²) in [4.78, 5) is 41.6. The fourth-order valence-electron chi connectivity index (χ4n) is 3.89. The lowest BCUT2D eigenvalue weighted by Gasteiger charge is -2.35. The third kappa shape index (κ3) is 7.44. The van der Waals surface area contributed by atoms with Crippen molar-refractivity contribution < 1.29 is 18.9 Å². The molecule has 1 aromatic heterocycles. The minimum absolute atomic E-state index is 0.106. The van der Waals surface area contributed by atoms with Crippen LogP contribution in [0.2, 0.25) is 5.02 Å². The number of halogens is 1. The van der Waals surface area contributed by atoms with E-state index in [4.69, 9.17) is 16.1 Å². The van der Waals surface area contributed by atoms with Crippen molar-refractivity contribution >= 4 is 40.8 Å². The number of aromatic nitrogens is 1. The van der Waals surface area contributed by atoms with Crippen molar-refractivity contribution in [2.24, 2.45) is 0 Å². The molecule has 0 bridgehead atoms. The van der Waals surface area contributed by atoms with Gasteiger partial charge in [0.1, 0.15) is 11.8 Å². The average molecular weight is 539 g/mol. The molecular formula is C29H35ClN4O4. The molecular weight excluding hydrogens is 504 g/mol. The SMILES string of the molecule is CCc1ccc(N(C(=O)CCC(=O)Nc2cc(C)on2)[C@@H](C(=O)NC(C)(C)CC)c2ccccc2Cl)cc1. The standard InChI is InChI=1S/C29H35ClN4O4/c1-6-20-12-14-21(15-13-20)34(26(36)17-16-25(35)31-24-18-19(3)38-33-24)27(22-10-8-9-11-23(22)30)28(37)32-29(4,5)7-2/h8-15,18,27H,6-7,16-17H2,1-5H3,(H,32,37)(H,31,33,35)/t27-/m1/s1. The monoisotopic (exact) mass is 538 g/mol. The van der Waals surface area contributed by atoms with Crippen LogP contribution in [0, 0.1) is 6.92 Å². The second kappa shape index (κ2) is 12.7. The van der Waals surface area contributed by atoms with Crippen LogP contribution in [-0.4, -0.2) is 28.4 Å². The molecule has 0 aliphatic heterocycles. The van der Waals surface area contributed by atoms with E-state index in [1.165, 1.54) is 4.90 Å². The first kappa shape index (κ1) is 28.9. The smallest absolute Gasteiger partial charge is 0.248 e. The van der Waals surface area contributed by atoms with Gasteiger partial charge in [0.2, 0.25) is 17.7 Å². The zero-order valence-electron chi connectivity index (χ0n) is 22.5. The number of amides is 3. The second-order valence-corrected chi connectivity index (χ2v) is 10.2. The van der Waals surface area contributed by atoms with E-state index < -0.39 is 23.4 Å². The molecule has 9 heteroatoms. The highest BCUT2D eigenvalue weighted by Gasteiger charge is 2.36. The van der Waals surface area contributed by atoms with Crippen molar-refractivity contribution in [1.29, 1.82) is 0 Å². The van der Waals surface area contributed by atoms with Crippen LogP contribution in [0.15, 0.2) is 59.1 Å². The Morgan fingerprint density at radius 1 is 1.05 bits per heavy atom. The van der Waals surface area contributed by atoms with E-state index in [-0.39, 0.29) is 24.6 Å². The van der Waals surface area contributed by atoms with Gasteiger partial charge in [0.05, 0.1) is 0 Å². The second-order valence-electron chi connectivity index (χ2n) is 9.81. The van der Waals surface area contributed by atoms with Crippen molar-refractivity contribution in [2.45, 2.75) is 71.9 Å². The largest absolute Gasteiger partial charge is 0.360 e. The van der Waals surface area contributed by atoms with E-state index in [9.17, 15) is 14.4 Å². The molecule has 3 rings (SSSR count). The average Bonchev–Trinajstić information content (AvgIpc) is 3.30. The first-order chi connectivity index (χ1) is 18.0. The molecule has 2 N–H and O–H groups in total. The summed E-state index contributed by atoms with van der Waals surface area (Å²) in [6, 6.07) is 15.0. The molecule has 0 aliphatic rings. The maximum Gasteiger partial charge on any atom is 0.248 e. The van der Waals surface area contributed by atoms with Gasteiger partial charge >= 0.3 is 0 Å². The molecule has 3 aromatic rings. The number of rotatable bonds is 11. The van der Waals surface area contributed by atoms with Gasteiger partial charge in [-0.1, -0.05) is 60.9 Å². The molecule has 2 aromatic carbocycles. The van der Waals surface area contributed by atoms with Crippen LogP contribution in [0.25, 0.3) is 0 Å². The Morgan fingerprint density at radius 2 is 1.74 bits per heavy atom. The van der Waals surface area contributed by atoms with Crippen LogP contribution in [0.3, 0.4) is 0 Å². The zero-order chi connectivity index (χ0) is 27.9. The number of carbonyl (C=O) groups excluding carboxylic acids is 3. The summed E-state index contributed by atoms with van der Waals surface area (Å²) in [6.45, 7) is 9.58. The summed E-state index contributed by atoms with van der Waals surface area (Å²) < 4.78 is 4.98. The molecule has 1 atom stereocenters.